The third kappa shape index (κ3) is 5.23. The van der Waals surface area contributed by atoms with Crippen molar-refractivity contribution in [3.63, 3.8) is 0 Å². The first kappa shape index (κ1) is 25.3. The Morgan fingerprint density at radius 3 is 2.35 bits per heavy atom. The van der Waals surface area contributed by atoms with Crippen molar-refractivity contribution in [3.05, 3.63) is 84.0 Å². The second kappa shape index (κ2) is 10.8. The fraction of sp³-hybridized carbons (Fsp3) is 0.214. The zero-order chi connectivity index (χ0) is 26.5. The summed E-state index contributed by atoms with van der Waals surface area (Å²) in [6.07, 6.45) is 6.98. The van der Waals surface area contributed by atoms with Gasteiger partial charge in [0.25, 0.3) is 5.82 Å². The van der Waals surface area contributed by atoms with Crippen LogP contribution in [-0.4, -0.2) is 40.3 Å². The van der Waals surface area contributed by atoms with Gasteiger partial charge in [-0.2, -0.15) is 5.26 Å². The van der Waals surface area contributed by atoms with E-state index in [4.69, 9.17) is 0 Å². The van der Waals surface area contributed by atoms with Crippen molar-refractivity contribution < 1.29 is 24.4 Å². The summed E-state index contributed by atoms with van der Waals surface area (Å²) in [5, 5.41) is 28.2. The Morgan fingerprint density at radius 2 is 1.65 bits per heavy atom. The van der Waals surface area contributed by atoms with Crippen LogP contribution in [-0.2, 0) is 23.2 Å². The number of nitrogens with zero attached hydrogens (tertiary/aromatic N) is 5. The molecule has 37 heavy (non-hydrogen) atoms. The number of hydrogen-bond acceptors (Lipinski definition) is 5. The van der Waals surface area contributed by atoms with Crippen LogP contribution in [0.3, 0.4) is 0 Å². The molecule has 1 aliphatic rings. The molecule has 0 saturated heterocycles. The Balaban J connectivity index is 1.68. The van der Waals surface area contributed by atoms with Gasteiger partial charge in [-0.3, -0.25) is 9.59 Å². The summed E-state index contributed by atoms with van der Waals surface area (Å²) < 4.78 is 3.90. The van der Waals surface area contributed by atoms with Crippen LogP contribution >= 0.6 is 0 Å². The number of carboxylic acid groups (broad SMARTS) is 2. The Morgan fingerprint density at radius 1 is 1.00 bits per heavy atom. The highest BCUT2D eigenvalue weighted by Gasteiger charge is 2.28. The number of fused-ring (bicyclic) bond motifs is 2. The number of imidazole rings is 1. The van der Waals surface area contributed by atoms with E-state index in [0.29, 0.717) is 18.7 Å². The summed E-state index contributed by atoms with van der Waals surface area (Å²) in [7, 11) is 3.81. The molecule has 2 aromatic carbocycles. The number of anilines is 2. The molecule has 0 amide bonds. The van der Waals surface area contributed by atoms with Crippen LogP contribution in [0.25, 0.3) is 17.1 Å². The Labute approximate surface area is 214 Å². The molecule has 0 atom stereocenters. The smallest absolute Gasteiger partial charge is 0.307 e. The van der Waals surface area contributed by atoms with Gasteiger partial charge in [-0.25, -0.2) is 9.13 Å². The van der Waals surface area contributed by atoms with Crippen LogP contribution in [0, 0.1) is 11.3 Å². The van der Waals surface area contributed by atoms with Gasteiger partial charge in [0.1, 0.15) is 12.4 Å². The predicted octanol–water partition coefficient (Wildman–Crippen LogP) is 3.68. The summed E-state index contributed by atoms with van der Waals surface area (Å²) >= 11 is 0. The van der Waals surface area contributed by atoms with Gasteiger partial charge < -0.3 is 20.0 Å². The van der Waals surface area contributed by atoms with E-state index >= 15 is 0 Å². The average Bonchev–Trinajstić information content (AvgIpc) is 3.32. The summed E-state index contributed by atoms with van der Waals surface area (Å²) in [5.74, 6) is -0.225. The minimum absolute atomic E-state index is 0.0222. The number of para-hydroxylation sites is 4. The molecule has 0 bridgehead atoms. The molecule has 2 N–H and O–H groups in total. The SMILES string of the molecule is CN1\C(=C/C=C(C#N)/C=C/c2n(CCC(=O)O)c3ccccc3[n+]2C)N(CCC(=O)O)c2ccccc21. The number of allylic oxidation sites excluding steroid dienone is 4. The number of rotatable bonds is 9. The van der Waals surface area contributed by atoms with Gasteiger partial charge in [0.2, 0.25) is 0 Å². The van der Waals surface area contributed by atoms with Crippen molar-refractivity contribution >= 4 is 40.4 Å². The fourth-order valence-electron chi connectivity index (χ4n) is 4.56. The first-order valence-corrected chi connectivity index (χ1v) is 11.8. The third-order valence-electron chi connectivity index (χ3n) is 6.36. The minimum atomic E-state index is -0.881. The van der Waals surface area contributed by atoms with Crippen LogP contribution in [0.1, 0.15) is 18.7 Å². The minimum Gasteiger partial charge on any atom is -0.481 e. The maximum atomic E-state index is 11.2. The second-order valence-corrected chi connectivity index (χ2v) is 8.64. The van der Waals surface area contributed by atoms with Gasteiger partial charge in [0, 0.05) is 19.7 Å². The molecule has 2 heterocycles. The van der Waals surface area contributed by atoms with Crippen LogP contribution in [0.5, 0.6) is 0 Å². The maximum absolute atomic E-state index is 11.2. The van der Waals surface area contributed by atoms with Crippen molar-refractivity contribution in [2.75, 3.05) is 23.4 Å². The summed E-state index contributed by atoms with van der Waals surface area (Å²) in [6, 6.07) is 17.7. The number of aliphatic carboxylic acids is 2. The summed E-state index contributed by atoms with van der Waals surface area (Å²) in [4.78, 5) is 26.4. The largest absolute Gasteiger partial charge is 0.481 e. The van der Waals surface area contributed by atoms with E-state index in [1.807, 2.05) is 93.7 Å². The molecule has 0 unspecified atom stereocenters. The summed E-state index contributed by atoms with van der Waals surface area (Å²) in [6.45, 7) is 0.598. The lowest BCUT2D eigenvalue weighted by atomic mass is 10.2. The molecule has 9 heteroatoms. The number of hydrogen-bond donors (Lipinski definition) is 2. The molecule has 1 aromatic heterocycles. The Bertz CT molecular complexity index is 1490. The van der Waals surface area contributed by atoms with Gasteiger partial charge in [0.05, 0.1) is 42.9 Å². The van der Waals surface area contributed by atoms with Crippen molar-refractivity contribution in [3.8, 4) is 6.07 Å². The van der Waals surface area contributed by atoms with Crippen molar-refractivity contribution in [2.45, 2.75) is 19.4 Å². The second-order valence-electron chi connectivity index (χ2n) is 8.64. The van der Waals surface area contributed by atoms with Crippen LogP contribution < -0.4 is 14.4 Å². The van der Waals surface area contributed by atoms with Gasteiger partial charge in [-0.1, -0.05) is 24.3 Å². The zero-order valence-electron chi connectivity index (χ0n) is 20.7. The number of aromatic nitrogens is 2. The van der Waals surface area contributed by atoms with Crippen LogP contribution in [0.4, 0.5) is 11.4 Å². The highest BCUT2D eigenvalue weighted by Crippen LogP contribution is 2.40. The number of carbonyl (C=O) groups is 2. The predicted molar refractivity (Wildman–Crippen MR) is 141 cm³/mol. The van der Waals surface area contributed by atoms with Gasteiger partial charge in [-0.05, 0) is 42.5 Å². The average molecular weight is 499 g/mol. The number of benzene rings is 2. The molecule has 3 aromatic rings. The lowest BCUT2D eigenvalue weighted by Gasteiger charge is -2.22. The molecule has 0 saturated carbocycles. The van der Waals surface area contributed by atoms with Crippen molar-refractivity contribution in [1.82, 2.24) is 4.57 Å². The first-order valence-electron chi connectivity index (χ1n) is 11.8. The lowest BCUT2D eigenvalue weighted by molar-refractivity contribution is -0.647. The Kier molecular flexibility index (Phi) is 7.39. The zero-order valence-corrected chi connectivity index (χ0v) is 20.7. The van der Waals surface area contributed by atoms with E-state index < -0.39 is 11.9 Å². The quantitative estimate of drug-likeness (QED) is 0.263. The van der Waals surface area contributed by atoms with Crippen LogP contribution in [0.15, 0.2) is 78.2 Å². The van der Waals surface area contributed by atoms with Crippen molar-refractivity contribution in [1.29, 1.82) is 5.26 Å². The molecular weight excluding hydrogens is 470 g/mol. The topological polar surface area (TPSA) is 114 Å². The highest BCUT2D eigenvalue weighted by molar-refractivity contribution is 5.83. The van der Waals surface area contributed by atoms with Crippen molar-refractivity contribution in [2.24, 2.45) is 7.05 Å². The molecule has 0 fully saturated rings. The molecule has 0 spiro atoms. The van der Waals surface area contributed by atoms with E-state index in [-0.39, 0.29) is 12.8 Å². The van der Waals surface area contributed by atoms with Gasteiger partial charge in [0.15, 0.2) is 11.0 Å². The molecule has 4 rings (SSSR count). The highest BCUT2D eigenvalue weighted by atomic mass is 16.4. The number of aryl methyl sites for hydroxylation is 2. The maximum Gasteiger partial charge on any atom is 0.307 e. The monoisotopic (exact) mass is 498 g/mol. The lowest BCUT2D eigenvalue weighted by Crippen LogP contribution is -2.31. The molecule has 0 aliphatic carbocycles. The Hall–Kier alpha value is -4.84. The molecule has 9 nitrogen and oxygen atoms in total. The van der Waals surface area contributed by atoms with Crippen LogP contribution in [0.2, 0.25) is 0 Å². The van der Waals surface area contributed by atoms with E-state index in [1.165, 1.54) is 0 Å². The standard InChI is InChI=1S/C28H27N5O4/c1-30-21-7-3-5-9-23(21)32(17-15-27(34)35)25(30)13-11-20(19-29)12-14-26-31(2)22-8-4-6-10-24(22)33(26)18-16-28(36)37/h3-14H,15-18H2,1-2H3,(H-,34,35,36,37)/p+1. The van der Waals surface area contributed by atoms with Gasteiger partial charge in [-0.15, -0.1) is 0 Å². The molecule has 0 radical (unpaired) electrons. The molecule has 1 aliphatic heterocycles. The third-order valence-corrected chi connectivity index (χ3v) is 6.36. The first-order chi connectivity index (χ1) is 17.8. The number of carboxylic acids is 2. The normalized spacial score (nSPS) is 14.5. The molecular formula is C28H28N5O4+. The fourth-order valence-corrected chi connectivity index (χ4v) is 4.56. The van der Waals surface area contributed by atoms with E-state index in [9.17, 15) is 25.1 Å². The summed E-state index contributed by atoms with van der Waals surface area (Å²) in [5.41, 5.74) is 4.13. The van der Waals surface area contributed by atoms with Gasteiger partial charge >= 0.3 is 11.9 Å². The number of nitriles is 1. The van der Waals surface area contributed by atoms with E-state index in [1.54, 1.807) is 12.2 Å². The molecule has 188 valence electrons. The van der Waals surface area contributed by atoms with E-state index in [0.717, 1.165) is 34.1 Å². The van der Waals surface area contributed by atoms with E-state index in [2.05, 4.69) is 6.07 Å².